The van der Waals surface area contributed by atoms with Crippen LogP contribution in [-0.2, 0) is 6.42 Å². The van der Waals surface area contributed by atoms with Crippen LogP contribution >= 0.6 is 0 Å². The van der Waals surface area contributed by atoms with Crippen LogP contribution in [0.2, 0.25) is 0 Å². The first-order valence-electron chi connectivity index (χ1n) is 6.62. The first-order chi connectivity index (χ1) is 8.86. The number of aromatic nitrogens is 1. The van der Waals surface area contributed by atoms with Gasteiger partial charge in [0.2, 0.25) is 0 Å². The summed E-state index contributed by atoms with van der Waals surface area (Å²) in [5.41, 5.74) is 3.62. The molecule has 3 nitrogen and oxygen atoms in total. The lowest BCUT2D eigenvalue weighted by atomic mass is 10.1. The molecule has 2 rings (SSSR count). The van der Waals surface area contributed by atoms with Crippen LogP contribution in [-0.4, -0.2) is 25.1 Å². The van der Waals surface area contributed by atoms with E-state index in [1.54, 1.807) is 0 Å². The number of rotatable bonds is 6. The Morgan fingerprint density at radius 2 is 2.06 bits per heavy atom. The minimum atomic E-state index is 0.982. The van der Waals surface area contributed by atoms with Gasteiger partial charge in [-0.1, -0.05) is 25.1 Å². The summed E-state index contributed by atoms with van der Waals surface area (Å²) in [5, 5.41) is 7.87. The van der Waals surface area contributed by atoms with Crippen LogP contribution in [0, 0.1) is 0 Å². The largest absolute Gasteiger partial charge is 0.384 e. The molecule has 0 bridgehead atoms. The van der Waals surface area contributed by atoms with E-state index in [-0.39, 0.29) is 0 Å². The SMILES string of the molecule is CCc1cccc2c(NCCCNC)ccnc12. The number of pyridine rings is 1. The summed E-state index contributed by atoms with van der Waals surface area (Å²) in [4.78, 5) is 4.50. The van der Waals surface area contributed by atoms with Gasteiger partial charge in [-0.2, -0.15) is 0 Å². The number of nitrogens with zero attached hydrogens (tertiary/aromatic N) is 1. The van der Waals surface area contributed by atoms with Crippen molar-refractivity contribution in [1.29, 1.82) is 0 Å². The summed E-state index contributed by atoms with van der Waals surface area (Å²) >= 11 is 0. The second-order valence-electron chi connectivity index (χ2n) is 4.41. The van der Waals surface area contributed by atoms with Crippen molar-refractivity contribution in [2.75, 3.05) is 25.5 Å². The van der Waals surface area contributed by atoms with Crippen LogP contribution in [0.4, 0.5) is 5.69 Å². The minimum absolute atomic E-state index is 0.982. The third-order valence-corrected chi connectivity index (χ3v) is 3.15. The Bertz CT molecular complexity index is 508. The summed E-state index contributed by atoms with van der Waals surface area (Å²) in [6.45, 7) is 4.19. The molecule has 96 valence electrons. The Kier molecular flexibility index (Phi) is 4.53. The zero-order valence-electron chi connectivity index (χ0n) is 11.2. The molecular formula is C15H21N3. The number of nitrogens with one attached hydrogen (secondary N) is 2. The topological polar surface area (TPSA) is 37.0 Å². The fraction of sp³-hybridized carbons (Fsp3) is 0.400. The highest BCUT2D eigenvalue weighted by Gasteiger charge is 2.04. The predicted molar refractivity (Wildman–Crippen MR) is 78.2 cm³/mol. The monoisotopic (exact) mass is 243 g/mol. The fourth-order valence-electron chi connectivity index (χ4n) is 2.16. The molecule has 0 aliphatic carbocycles. The van der Waals surface area contributed by atoms with Gasteiger partial charge < -0.3 is 10.6 Å². The van der Waals surface area contributed by atoms with Crippen molar-refractivity contribution in [3.05, 3.63) is 36.0 Å². The van der Waals surface area contributed by atoms with Gasteiger partial charge in [-0.3, -0.25) is 4.98 Å². The molecule has 0 radical (unpaired) electrons. The number of aryl methyl sites for hydroxylation is 1. The number of benzene rings is 1. The van der Waals surface area contributed by atoms with Gasteiger partial charge in [-0.05, 0) is 38.1 Å². The maximum Gasteiger partial charge on any atom is 0.0754 e. The van der Waals surface area contributed by atoms with Crippen LogP contribution < -0.4 is 10.6 Å². The van der Waals surface area contributed by atoms with E-state index < -0.39 is 0 Å². The van der Waals surface area contributed by atoms with E-state index in [0.717, 1.165) is 31.4 Å². The summed E-state index contributed by atoms with van der Waals surface area (Å²) in [7, 11) is 1.98. The van der Waals surface area contributed by atoms with Gasteiger partial charge in [-0.25, -0.2) is 0 Å². The zero-order valence-corrected chi connectivity index (χ0v) is 11.2. The van der Waals surface area contributed by atoms with Crippen LogP contribution in [0.3, 0.4) is 0 Å². The molecule has 2 aromatic rings. The summed E-state index contributed by atoms with van der Waals surface area (Å²) < 4.78 is 0. The van der Waals surface area contributed by atoms with Gasteiger partial charge in [0.15, 0.2) is 0 Å². The molecule has 2 N–H and O–H groups in total. The third kappa shape index (κ3) is 2.79. The van der Waals surface area contributed by atoms with Crippen molar-refractivity contribution in [2.24, 2.45) is 0 Å². The summed E-state index contributed by atoms with van der Waals surface area (Å²) in [5.74, 6) is 0. The van der Waals surface area contributed by atoms with E-state index in [1.165, 1.54) is 16.6 Å². The highest BCUT2D eigenvalue weighted by Crippen LogP contribution is 2.24. The number of anilines is 1. The van der Waals surface area contributed by atoms with Crippen LogP contribution in [0.25, 0.3) is 10.9 Å². The van der Waals surface area contributed by atoms with E-state index in [9.17, 15) is 0 Å². The number of hydrogen-bond donors (Lipinski definition) is 2. The van der Waals surface area contributed by atoms with Crippen molar-refractivity contribution >= 4 is 16.6 Å². The molecule has 1 heterocycles. The quantitative estimate of drug-likeness (QED) is 0.766. The Morgan fingerprint density at radius 1 is 1.17 bits per heavy atom. The Morgan fingerprint density at radius 3 is 2.83 bits per heavy atom. The van der Waals surface area contributed by atoms with Crippen molar-refractivity contribution in [1.82, 2.24) is 10.3 Å². The second-order valence-corrected chi connectivity index (χ2v) is 4.41. The van der Waals surface area contributed by atoms with Gasteiger partial charge in [0.1, 0.15) is 0 Å². The highest BCUT2D eigenvalue weighted by molar-refractivity contribution is 5.92. The van der Waals surface area contributed by atoms with Gasteiger partial charge in [0, 0.05) is 23.8 Å². The Labute approximate surface area is 109 Å². The first-order valence-corrected chi connectivity index (χ1v) is 6.62. The predicted octanol–water partition coefficient (Wildman–Crippen LogP) is 2.82. The molecule has 18 heavy (non-hydrogen) atoms. The summed E-state index contributed by atoms with van der Waals surface area (Å²) in [6, 6.07) is 8.46. The van der Waals surface area contributed by atoms with Crippen molar-refractivity contribution in [3.63, 3.8) is 0 Å². The number of fused-ring (bicyclic) bond motifs is 1. The molecule has 0 spiro atoms. The van der Waals surface area contributed by atoms with Crippen LogP contribution in [0.5, 0.6) is 0 Å². The van der Waals surface area contributed by atoms with E-state index in [0.29, 0.717) is 0 Å². The highest BCUT2D eigenvalue weighted by atomic mass is 14.9. The lowest BCUT2D eigenvalue weighted by Crippen LogP contribution is -2.13. The molecule has 0 saturated carbocycles. The smallest absolute Gasteiger partial charge is 0.0754 e. The molecule has 0 aliphatic rings. The van der Waals surface area contributed by atoms with E-state index in [4.69, 9.17) is 0 Å². The number of para-hydroxylation sites is 1. The molecule has 1 aromatic carbocycles. The van der Waals surface area contributed by atoms with Crippen LogP contribution in [0.15, 0.2) is 30.5 Å². The molecule has 1 aromatic heterocycles. The average molecular weight is 243 g/mol. The molecule has 0 amide bonds. The molecule has 3 heteroatoms. The van der Waals surface area contributed by atoms with Gasteiger partial charge in [0.25, 0.3) is 0 Å². The van der Waals surface area contributed by atoms with Crippen molar-refractivity contribution in [3.8, 4) is 0 Å². The van der Waals surface area contributed by atoms with E-state index in [2.05, 4.69) is 46.8 Å². The standard InChI is InChI=1S/C15H21N3/c1-3-12-6-4-7-13-14(8-11-18-15(12)13)17-10-5-9-16-2/h4,6-8,11,16H,3,5,9-10H2,1-2H3,(H,17,18). The first kappa shape index (κ1) is 12.8. The van der Waals surface area contributed by atoms with Crippen molar-refractivity contribution < 1.29 is 0 Å². The molecule has 0 unspecified atom stereocenters. The Balaban J connectivity index is 2.23. The zero-order chi connectivity index (χ0) is 12.8. The lowest BCUT2D eigenvalue weighted by molar-refractivity contribution is 0.748. The molecule has 0 saturated heterocycles. The Hall–Kier alpha value is -1.61. The summed E-state index contributed by atoms with van der Waals surface area (Å²) in [6.07, 6.45) is 4.03. The van der Waals surface area contributed by atoms with Gasteiger partial charge in [-0.15, -0.1) is 0 Å². The minimum Gasteiger partial charge on any atom is -0.384 e. The van der Waals surface area contributed by atoms with E-state index >= 15 is 0 Å². The van der Waals surface area contributed by atoms with Gasteiger partial charge in [0.05, 0.1) is 5.52 Å². The maximum absolute atomic E-state index is 4.50. The fourth-order valence-corrected chi connectivity index (χ4v) is 2.16. The molecular weight excluding hydrogens is 222 g/mol. The number of hydrogen-bond acceptors (Lipinski definition) is 3. The second kappa shape index (κ2) is 6.36. The lowest BCUT2D eigenvalue weighted by Gasteiger charge is -2.11. The molecule has 0 fully saturated rings. The maximum atomic E-state index is 4.50. The normalized spacial score (nSPS) is 10.8. The van der Waals surface area contributed by atoms with Gasteiger partial charge >= 0.3 is 0 Å². The van der Waals surface area contributed by atoms with Crippen molar-refractivity contribution in [2.45, 2.75) is 19.8 Å². The molecule has 0 aliphatic heterocycles. The molecule has 0 atom stereocenters. The van der Waals surface area contributed by atoms with E-state index in [1.807, 2.05) is 13.2 Å². The third-order valence-electron chi connectivity index (χ3n) is 3.15. The van der Waals surface area contributed by atoms with Crippen LogP contribution in [0.1, 0.15) is 18.9 Å². The average Bonchev–Trinajstić information content (AvgIpc) is 2.43.